The second-order valence-corrected chi connectivity index (χ2v) is 18.8. The zero-order chi connectivity index (χ0) is 25.9. The fourth-order valence-electron chi connectivity index (χ4n) is 5.21. The van der Waals surface area contributed by atoms with Crippen LogP contribution in [0.25, 0.3) is 16.8 Å². The van der Waals surface area contributed by atoms with Gasteiger partial charge in [-0.1, -0.05) is 26.6 Å². The van der Waals surface area contributed by atoms with Crippen LogP contribution in [0.4, 0.5) is 8.78 Å². The first-order chi connectivity index (χ1) is 16.8. The van der Waals surface area contributed by atoms with Gasteiger partial charge in [0.15, 0.2) is 11.3 Å². The summed E-state index contributed by atoms with van der Waals surface area (Å²) in [6.07, 6.45) is 6.75. The summed E-state index contributed by atoms with van der Waals surface area (Å²) >= 11 is 0. The number of halogens is 2. The maximum Gasteiger partial charge on any atom is 0.280 e. The molecule has 1 saturated carbocycles. The number of aromatic nitrogens is 4. The monoisotopic (exact) mass is 540 g/mol. The Bertz CT molecular complexity index is 1360. The van der Waals surface area contributed by atoms with Gasteiger partial charge in [0.1, 0.15) is 6.73 Å². The maximum absolute atomic E-state index is 13.2. The smallest absolute Gasteiger partial charge is 0.280 e. The van der Waals surface area contributed by atoms with Gasteiger partial charge in [-0.25, -0.2) is 18.7 Å². The summed E-state index contributed by atoms with van der Waals surface area (Å²) < 4.78 is 65.0. The molecule has 3 aromatic heterocycles. The molecule has 3 unspecified atom stereocenters. The number of rotatable bonds is 9. The first-order valence-corrected chi connectivity index (χ1v) is 17.5. The van der Waals surface area contributed by atoms with Crippen LogP contribution in [0.5, 0.6) is 0 Å². The Balaban J connectivity index is 1.33. The zero-order valence-corrected chi connectivity index (χ0v) is 22.9. The van der Waals surface area contributed by atoms with E-state index in [1.807, 2.05) is 23.0 Å². The third-order valence-electron chi connectivity index (χ3n) is 7.23. The highest BCUT2D eigenvalue weighted by Gasteiger charge is 2.50. The molecule has 36 heavy (non-hydrogen) atoms. The van der Waals surface area contributed by atoms with Crippen LogP contribution in [0.2, 0.25) is 25.7 Å². The van der Waals surface area contributed by atoms with Gasteiger partial charge in [-0.3, -0.25) is 4.40 Å². The normalized spacial score (nSPS) is 25.1. The lowest BCUT2D eigenvalue weighted by Gasteiger charge is -2.37. The lowest BCUT2D eigenvalue weighted by molar-refractivity contribution is -0.0950. The quantitative estimate of drug-likeness (QED) is 0.330. The molecule has 1 saturated heterocycles. The van der Waals surface area contributed by atoms with Crippen LogP contribution in [0.3, 0.4) is 0 Å². The predicted octanol–water partition coefficient (Wildman–Crippen LogP) is 3.66. The second-order valence-electron chi connectivity index (χ2n) is 11.5. The summed E-state index contributed by atoms with van der Waals surface area (Å²) in [4.78, 5) is 9.18. The Morgan fingerprint density at radius 2 is 1.94 bits per heavy atom. The summed E-state index contributed by atoms with van der Waals surface area (Å²) in [7, 11) is -5.09. The average molecular weight is 541 g/mol. The molecule has 13 heteroatoms. The summed E-state index contributed by atoms with van der Waals surface area (Å²) in [6, 6.07) is 2.78. The SMILES string of the molecule is CC1CC(NS(=O)(=O)N2CC(F)(F)C2)CC1c1cnc2cnc3c(ccn3COCC[Si](C)(C)C)n12. The summed E-state index contributed by atoms with van der Waals surface area (Å²) in [6.45, 7) is 8.69. The Kier molecular flexibility index (Phi) is 6.51. The van der Waals surface area contributed by atoms with Crippen LogP contribution in [0.1, 0.15) is 31.4 Å². The van der Waals surface area contributed by atoms with Crippen LogP contribution < -0.4 is 4.72 Å². The third-order valence-corrected chi connectivity index (χ3v) is 10.5. The van der Waals surface area contributed by atoms with E-state index in [9.17, 15) is 17.2 Å². The first-order valence-electron chi connectivity index (χ1n) is 12.4. The van der Waals surface area contributed by atoms with E-state index in [1.165, 1.54) is 0 Å². The van der Waals surface area contributed by atoms with Gasteiger partial charge in [0.25, 0.3) is 16.1 Å². The molecular formula is C23H34F2N6O3SSi. The number of ether oxygens (including phenoxy) is 1. The van der Waals surface area contributed by atoms with Crippen LogP contribution in [-0.2, 0) is 21.7 Å². The van der Waals surface area contributed by atoms with Crippen molar-refractivity contribution in [1.82, 2.24) is 28.0 Å². The molecule has 2 aliphatic rings. The van der Waals surface area contributed by atoms with E-state index in [1.54, 1.807) is 6.20 Å². The number of imidazole rings is 1. The maximum atomic E-state index is 13.2. The summed E-state index contributed by atoms with van der Waals surface area (Å²) in [5.41, 5.74) is 3.46. The Labute approximate surface area is 211 Å². The van der Waals surface area contributed by atoms with Crippen molar-refractivity contribution in [2.24, 2.45) is 5.92 Å². The second kappa shape index (κ2) is 9.12. The van der Waals surface area contributed by atoms with Crippen molar-refractivity contribution in [3.63, 3.8) is 0 Å². The zero-order valence-electron chi connectivity index (χ0n) is 21.1. The number of fused-ring (bicyclic) bond motifs is 3. The van der Waals surface area contributed by atoms with Crippen LogP contribution in [-0.4, -0.2) is 71.4 Å². The molecule has 0 spiro atoms. The number of hydrogen-bond donors (Lipinski definition) is 1. The molecule has 3 atom stereocenters. The Morgan fingerprint density at radius 3 is 2.64 bits per heavy atom. The Hall–Kier alpha value is -1.93. The molecule has 1 aliphatic heterocycles. The minimum absolute atomic E-state index is 0.0625. The Morgan fingerprint density at radius 1 is 1.19 bits per heavy atom. The molecule has 1 N–H and O–H groups in total. The molecule has 1 aliphatic carbocycles. The van der Waals surface area contributed by atoms with Crippen molar-refractivity contribution in [2.75, 3.05) is 19.7 Å². The molecule has 0 radical (unpaired) electrons. The van der Waals surface area contributed by atoms with Crippen molar-refractivity contribution in [3.05, 3.63) is 30.4 Å². The summed E-state index contributed by atoms with van der Waals surface area (Å²) in [5, 5.41) is 0. The van der Waals surface area contributed by atoms with E-state index in [0.717, 1.165) is 39.5 Å². The molecule has 4 heterocycles. The number of nitrogens with zero attached hydrogens (tertiary/aromatic N) is 5. The first kappa shape index (κ1) is 25.7. The van der Waals surface area contributed by atoms with Crippen LogP contribution in [0.15, 0.2) is 24.7 Å². The van der Waals surface area contributed by atoms with Gasteiger partial charge in [0.05, 0.1) is 24.8 Å². The lowest BCUT2D eigenvalue weighted by Crippen LogP contribution is -2.61. The van der Waals surface area contributed by atoms with E-state index in [-0.39, 0.29) is 17.9 Å². The van der Waals surface area contributed by atoms with Gasteiger partial charge in [-0.05, 0) is 30.9 Å². The largest absolute Gasteiger partial charge is 0.361 e. The standard InChI is InChI=1S/C23H34F2N6O3SSi/c1-16-9-17(28-35(32,33)30-13-23(24,25)14-30)10-18(16)20-11-26-21-12-27-22-19(31(20)21)5-6-29(22)15-34-7-8-36(2,3)4/h5-6,11-12,16-18,28H,7-10,13-15H2,1-4H3. The van der Waals surface area contributed by atoms with E-state index in [2.05, 4.69) is 45.7 Å². The van der Waals surface area contributed by atoms with Crippen molar-refractivity contribution in [2.45, 2.75) is 70.1 Å². The fourth-order valence-corrected chi connectivity index (χ4v) is 7.45. The van der Waals surface area contributed by atoms with Crippen molar-refractivity contribution < 1.29 is 21.9 Å². The molecule has 198 valence electrons. The van der Waals surface area contributed by atoms with Gasteiger partial charge in [-0.2, -0.15) is 17.4 Å². The van der Waals surface area contributed by atoms with E-state index in [0.29, 0.717) is 19.6 Å². The molecule has 5 rings (SSSR count). The van der Waals surface area contributed by atoms with Gasteiger partial charge >= 0.3 is 0 Å². The molecule has 9 nitrogen and oxygen atoms in total. The van der Waals surface area contributed by atoms with Gasteiger partial charge < -0.3 is 9.30 Å². The van der Waals surface area contributed by atoms with Gasteiger partial charge in [-0.15, -0.1) is 0 Å². The molecule has 3 aromatic rings. The van der Waals surface area contributed by atoms with Crippen molar-refractivity contribution in [1.29, 1.82) is 0 Å². The molecule has 2 fully saturated rings. The topological polar surface area (TPSA) is 93.8 Å². The van der Waals surface area contributed by atoms with Crippen LogP contribution >= 0.6 is 0 Å². The van der Waals surface area contributed by atoms with E-state index in [4.69, 9.17) is 4.74 Å². The highest BCUT2D eigenvalue weighted by Crippen LogP contribution is 2.41. The molecule has 0 bridgehead atoms. The minimum Gasteiger partial charge on any atom is -0.361 e. The van der Waals surface area contributed by atoms with Crippen molar-refractivity contribution >= 4 is 35.1 Å². The van der Waals surface area contributed by atoms with Gasteiger partial charge in [0.2, 0.25) is 0 Å². The number of alkyl halides is 2. The van der Waals surface area contributed by atoms with Crippen molar-refractivity contribution in [3.8, 4) is 0 Å². The highest BCUT2D eigenvalue weighted by molar-refractivity contribution is 7.87. The molecular weight excluding hydrogens is 506 g/mol. The fraction of sp³-hybridized carbons (Fsp3) is 0.652. The molecule has 0 aromatic carbocycles. The van der Waals surface area contributed by atoms with E-state index < -0.39 is 37.3 Å². The number of hydrogen-bond acceptors (Lipinski definition) is 5. The third kappa shape index (κ3) is 5.08. The van der Waals surface area contributed by atoms with Crippen LogP contribution in [0, 0.1) is 5.92 Å². The molecule has 0 amide bonds. The highest BCUT2D eigenvalue weighted by atomic mass is 32.2. The predicted molar refractivity (Wildman–Crippen MR) is 136 cm³/mol. The summed E-state index contributed by atoms with van der Waals surface area (Å²) in [5.74, 6) is -2.69. The number of nitrogens with one attached hydrogen (secondary N) is 1. The van der Waals surface area contributed by atoms with Gasteiger partial charge in [0, 0.05) is 44.7 Å². The lowest BCUT2D eigenvalue weighted by atomic mass is 9.95. The minimum atomic E-state index is -3.93. The van der Waals surface area contributed by atoms with E-state index >= 15 is 0 Å². The average Bonchev–Trinajstić information content (AvgIpc) is 3.44.